The van der Waals surface area contributed by atoms with Gasteiger partial charge in [0.25, 0.3) is 5.69 Å². The van der Waals surface area contributed by atoms with Crippen LogP contribution in [0.4, 0.5) is 11.4 Å². The van der Waals surface area contributed by atoms with Crippen LogP contribution >= 0.6 is 0 Å². The first-order valence-electron chi connectivity index (χ1n) is 6.34. The van der Waals surface area contributed by atoms with Crippen molar-refractivity contribution in [2.24, 2.45) is 5.92 Å². The summed E-state index contributed by atoms with van der Waals surface area (Å²) in [5.74, 6) is 1.08. The molecule has 104 valence electrons. The van der Waals surface area contributed by atoms with Gasteiger partial charge >= 0.3 is 0 Å². The minimum absolute atomic E-state index is 0.0356. The summed E-state index contributed by atoms with van der Waals surface area (Å²) in [4.78, 5) is 10.3. The Kier molecular flexibility index (Phi) is 4.57. The standard InChI is InChI=1S/C13H18N2O4/c1-18-13-8-11(15(16)17)2-3-12(13)14-9-10-4-6-19-7-5-10/h2-3,8,10,14H,4-7,9H2,1H3. The minimum atomic E-state index is -0.426. The summed E-state index contributed by atoms with van der Waals surface area (Å²) in [5, 5.41) is 14.0. The number of nitrogens with zero attached hydrogens (tertiary/aromatic N) is 1. The van der Waals surface area contributed by atoms with Crippen molar-refractivity contribution in [2.45, 2.75) is 12.8 Å². The van der Waals surface area contributed by atoms with Gasteiger partial charge in [0.15, 0.2) is 0 Å². The fraction of sp³-hybridized carbons (Fsp3) is 0.538. The Morgan fingerprint density at radius 1 is 1.47 bits per heavy atom. The molecule has 1 N–H and O–H groups in total. The van der Waals surface area contributed by atoms with Crippen LogP contribution in [0.25, 0.3) is 0 Å². The Hall–Kier alpha value is -1.82. The van der Waals surface area contributed by atoms with Gasteiger partial charge in [0, 0.05) is 25.8 Å². The van der Waals surface area contributed by atoms with Crippen LogP contribution in [0.15, 0.2) is 18.2 Å². The Morgan fingerprint density at radius 3 is 2.84 bits per heavy atom. The van der Waals surface area contributed by atoms with Crippen LogP contribution in [-0.2, 0) is 4.74 Å². The normalized spacial score (nSPS) is 16.1. The van der Waals surface area contributed by atoms with Crippen LogP contribution in [0.1, 0.15) is 12.8 Å². The van der Waals surface area contributed by atoms with E-state index in [9.17, 15) is 10.1 Å². The van der Waals surface area contributed by atoms with E-state index < -0.39 is 4.92 Å². The molecule has 0 unspecified atom stereocenters. The number of nitro benzene ring substituents is 1. The molecule has 6 nitrogen and oxygen atoms in total. The van der Waals surface area contributed by atoms with E-state index in [-0.39, 0.29) is 5.69 Å². The lowest BCUT2D eigenvalue weighted by molar-refractivity contribution is -0.384. The van der Waals surface area contributed by atoms with E-state index in [2.05, 4.69) is 5.32 Å². The van der Waals surface area contributed by atoms with E-state index >= 15 is 0 Å². The van der Waals surface area contributed by atoms with Crippen LogP contribution < -0.4 is 10.1 Å². The number of nitro groups is 1. The van der Waals surface area contributed by atoms with Crippen molar-refractivity contribution < 1.29 is 14.4 Å². The Bertz CT molecular complexity index is 444. The van der Waals surface area contributed by atoms with E-state index in [0.29, 0.717) is 11.7 Å². The maximum Gasteiger partial charge on any atom is 0.273 e. The van der Waals surface area contributed by atoms with Gasteiger partial charge in [0.2, 0.25) is 0 Å². The second-order valence-electron chi connectivity index (χ2n) is 4.58. The number of hydrogen-bond donors (Lipinski definition) is 1. The zero-order valence-electron chi connectivity index (χ0n) is 10.9. The topological polar surface area (TPSA) is 73.6 Å². The number of ether oxygens (including phenoxy) is 2. The summed E-state index contributed by atoms with van der Waals surface area (Å²) in [6, 6.07) is 4.61. The van der Waals surface area contributed by atoms with Crippen LogP contribution in [0.5, 0.6) is 5.75 Å². The highest BCUT2D eigenvalue weighted by atomic mass is 16.6. The Labute approximate surface area is 111 Å². The molecule has 1 aliphatic rings. The van der Waals surface area contributed by atoms with Gasteiger partial charge in [-0.1, -0.05) is 0 Å². The monoisotopic (exact) mass is 266 g/mol. The van der Waals surface area contributed by atoms with Crippen molar-refractivity contribution in [1.29, 1.82) is 0 Å². The molecule has 2 rings (SSSR count). The second-order valence-corrected chi connectivity index (χ2v) is 4.58. The average molecular weight is 266 g/mol. The predicted molar refractivity (Wildman–Crippen MR) is 71.7 cm³/mol. The number of non-ortho nitro benzene ring substituents is 1. The lowest BCUT2D eigenvalue weighted by atomic mass is 10.0. The van der Waals surface area contributed by atoms with Gasteiger partial charge in [0.05, 0.1) is 23.8 Å². The fourth-order valence-corrected chi connectivity index (χ4v) is 2.14. The number of nitrogens with one attached hydrogen (secondary N) is 1. The number of methoxy groups -OCH3 is 1. The number of anilines is 1. The van der Waals surface area contributed by atoms with Gasteiger partial charge in [-0.25, -0.2) is 0 Å². The summed E-state index contributed by atoms with van der Waals surface area (Å²) < 4.78 is 10.5. The van der Waals surface area contributed by atoms with E-state index in [0.717, 1.165) is 38.3 Å². The molecule has 1 heterocycles. The second kappa shape index (κ2) is 6.38. The van der Waals surface area contributed by atoms with Crippen molar-refractivity contribution in [3.05, 3.63) is 28.3 Å². The molecule has 0 bridgehead atoms. The zero-order chi connectivity index (χ0) is 13.7. The van der Waals surface area contributed by atoms with Crippen LogP contribution in [0.3, 0.4) is 0 Å². The Morgan fingerprint density at radius 2 is 2.21 bits per heavy atom. The largest absolute Gasteiger partial charge is 0.494 e. The lowest BCUT2D eigenvalue weighted by Crippen LogP contribution is -2.22. The zero-order valence-corrected chi connectivity index (χ0v) is 10.9. The van der Waals surface area contributed by atoms with Gasteiger partial charge in [-0.05, 0) is 24.8 Å². The van der Waals surface area contributed by atoms with Crippen molar-refractivity contribution in [3.8, 4) is 5.75 Å². The molecular formula is C13H18N2O4. The summed E-state index contributed by atoms with van der Waals surface area (Å²) in [7, 11) is 1.51. The molecule has 1 fully saturated rings. The molecule has 0 amide bonds. The highest BCUT2D eigenvalue weighted by Gasteiger charge is 2.15. The summed E-state index contributed by atoms with van der Waals surface area (Å²) in [6.45, 7) is 2.45. The first-order valence-corrected chi connectivity index (χ1v) is 6.34. The van der Waals surface area contributed by atoms with Crippen molar-refractivity contribution >= 4 is 11.4 Å². The molecule has 0 aliphatic carbocycles. The molecule has 6 heteroatoms. The molecule has 0 radical (unpaired) electrons. The van der Waals surface area contributed by atoms with Crippen LogP contribution in [0, 0.1) is 16.0 Å². The van der Waals surface area contributed by atoms with Gasteiger partial charge in [-0.2, -0.15) is 0 Å². The van der Waals surface area contributed by atoms with Crippen molar-refractivity contribution in [2.75, 3.05) is 32.2 Å². The highest BCUT2D eigenvalue weighted by molar-refractivity contribution is 5.60. The first-order chi connectivity index (χ1) is 9.20. The third kappa shape index (κ3) is 3.57. The van der Waals surface area contributed by atoms with E-state index in [1.54, 1.807) is 6.07 Å². The molecule has 1 aromatic carbocycles. The summed E-state index contributed by atoms with van der Waals surface area (Å²) in [5.41, 5.74) is 0.827. The number of hydrogen-bond acceptors (Lipinski definition) is 5. The molecule has 0 spiro atoms. The van der Waals surface area contributed by atoms with Crippen molar-refractivity contribution in [3.63, 3.8) is 0 Å². The molecule has 0 atom stereocenters. The van der Waals surface area contributed by atoms with E-state index in [1.165, 1.54) is 19.2 Å². The minimum Gasteiger partial charge on any atom is -0.494 e. The van der Waals surface area contributed by atoms with E-state index in [1.807, 2.05) is 0 Å². The molecular weight excluding hydrogens is 248 g/mol. The quantitative estimate of drug-likeness (QED) is 0.654. The van der Waals surface area contributed by atoms with Gasteiger partial charge in [0.1, 0.15) is 5.75 Å². The number of rotatable bonds is 5. The highest BCUT2D eigenvalue weighted by Crippen LogP contribution is 2.29. The summed E-state index contributed by atoms with van der Waals surface area (Å²) >= 11 is 0. The molecule has 0 saturated carbocycles. The van der Waals surface area contributed by atoms with Gasteiger partial charge < -0.3 is 14.8 Å². The predicted octanol–water partition coefficient (Wildman–Crippen LogP) is 2.44. The lowest BCUT2D eigenvalue weighted by Gasteiger charge is -2.23. The summed E-state index contributed by atoms with van der Waals surface area (Å²) in [6.07, 6.45) is 2.09. The molecule has 1 aliphatic heterocycles. The third-order valence-electron chi connectivity index (χ3n) is 3.32. The molecule has 1 saturated heterocycles. The van der Waals surface area contributed by atoms with Crippen LogP contribution in [0.2, 0.25) is 0 Å². The Balaban J connectivity index is 2.00. The first kappa shape index (κ1) is 13.6. The van der Waals surface area contributed by atoms with Gasteiger partial charge in [-0.15, -0.1) is 0 Å². The molecule has 19 heavy (non-hydrogen) atoms. The molecule has 0 aromatic heterocycles. The fourth-order valence-electron chi connectivity index (χ4n) is 2.14. The third-order valence-corrected chi connectivity index (χ3v) is 3.32. The maximum atomic E-state index is 10.7. The SMILES string of the molecule is COc1cc([N+](=O)[O-])ccc1NCC1CCOCC1. The van der Waals surface area contributed by atoms with E-state index in [4.69, 9.17) is 9.47 Å². The van der Waals surface area contributed by atoms with Crippen LogP contribution in [-0.4, -0.2) is 31.8 Å². The maximum absolute atomic E-state index is 10.7. The average Bonchev–Trinajstić information content (AvgIpc) is 2.45. The molecule has 1 aromatic rings. The van der Waals surface area contributed by atoms with Gasteiger partial charge in [-0.3, -0.25) is 10.1 Å². The van der Waals surface area contributed by atoms with Crippen molar-refractivity contribution in [1.82, 2.24) is 0 Å². The number of benzene rings is 1. The smallest absolute Gasteiger partial charge is 0.273 e.